The zero-order valence-corrected chi connectivity index (χ0v) is 15.7. The van der Waals surface area contributed by atoms with Crippen LogP contribution in [0.2, 0.25) is 0 Å². The summed E-state index contributed by atoms with van der Waals surface area (Å²) in [6.07, 6.45) is 1.80. The van der Waals surface area contributed by atoms with Gasteiger partial charge in [-0.05, 0) is 31.4 Å². The number of ether oxygens (including phenoxy) is 2. The highest BCUT2D eigenvalue weighted by molar-refractivity contribution is 9.10. The van der Waals surface area contributed by atoms with Crippen molar-refractivity contribution in [2.75, 3.05) is 26.1 Å². The van der Waals surface area contributed by atoms with Crippen molar-refractivity contribution in [2.24, 2.45) is 0 Å². The largest absolute Gasteiger partial charge is 0.490 e. The number of halogens is 1. The number of hydrogen-bond acceptors (Lipinski definition) is 6. The summed E-state index contributed by atoms with van der Waals surface area (Å²) in [6.45, 7) is 3.34. The molecule has 126 valence electrons. The summed E-state index contributed by atoms with van der Waals surface area (Å²) in [5, 5.41) is 9.78. The van der Waals surface area contributed by atoms with Gasteiger partial charge in [-0.25, -0.2) is 4.98 Å². The topological polar surface area (TPSA) is 88.0 Å². The average Bonchev–Trinajstić information content (AvgIpc) is 2.59. The van der Waals surface area contributed by atoms with Gasteiger partial charge in [0, 0.05) is 16.6 Å². The molecule has 0 aliphatic rings. The van der Waals surface area contributed by atoms with Crippen molar-refractivity contribution < 1.29 is 9.47 Å². The number of nitriles is 1. The molecule has 0 saturated carbocycles. The molecule has 0 unspecified atom stereocenters. The molecule has 0 saturated heterocycles. The normalized spacial score (nSPS) is 10.4. The first kappa shape index (κ1) is 18.5. The van der Waals surface area contributed by atoms with E-state index in [1.165, 1.54) is 11.8 Å². The first-order valence-electron chi connectivity index (χ1n) is 7.19. The molecule has 2 aromatic rings. The summed E-state index contributed by atoms with van der Waals surface area (Å²) < 4.78 is 11.8. The second-order valence-corrected chi connectivity index (χ2v) is 6.31. The van der Waals surface area contributed by atoms with Crippen LogP contribution in [-0.2, 0) is 4.74 Å². The van der Waals surface area contributed by atoms with Crippen LogP contribution < -0.4 is 10.3 Å². The molecule has 0 radical (unpaired) electrons. The summed E-state index contributed by atoms with van der Waals surface area (Å²) >= 11 is 4.70. The minimum Gasteiger partial charge on any atom is -0.490 e. The van der Waals surface area contributed by atoms with Gasteiger partial charge in [0.05, 0.1) is 6.61 Å². The van der Waals surface area contributed by atoms with E-state index in [9.17, 15) is 10.1 Å². The quantitative estimate of drug-likeness (QED) is 0.429. The molecule has 0 bridgehead atoms. The van der Waals surface area contributed by atoms with E-state index in [1.807, 2.05) is 19.1 Å². The highest BCUT2D eigenvalue weighted by Crippen LogP contribution is 2.33. The molecule has 2 rings (SSSR count). The van der Waals surface area contributed by atoms with Crippen LogP contribution >= 0.6 is 27.7 Å². The lowest BCUT2D eigenvalue weighted by molar-refractivity contribution is 0.110. The van der Waals surface area contributed by atoms with Crippen molar-refractivity contribution in [3.05, 3.63) is 38.6 Å². The van der Waals surface area contributed by atoms with Gasteiger partial charge in [0.15, 0.2) is 5.16 Å². The number of rotatable bonds is 7. The number of thioether (sulfide) groups is 1. The van der Waals surface area contributed by atoms with Crippen molar-refractivity contribution in [3.63, 3.8) is 0 Å². The fraction of sp³-hybridized carbons (Fsp3) is 0.312. The van der Waals surface area contributed by atoms with Crippen LogP contribution in [-0.4, -0.2) is 36.0 Å². The van der Waals surface area contributed by atoms with Crippen molar-refractivity contribution in [3.8, 4) is 23.1 Å². The Morgan fingerprint density at radius 2 is 2.21 bits per heavy atom. The Kier molecular flexibility index (Phi) is 6.85. The zero-order valence-electron chi connectivity index (χ0n) is 13.3. The van der Waals surface area contributed by atoms with Crippen LogP contribution in [0.15, 0.2) is 32.6 Å². The summed E-state index contributed by atoms with van der Waals surface area (Å²) in [4.78, 5) is 19.1. The Labute approximate surface area is 152 Å². The molecule has 6 nitrogen and oxygen atoms in total. The smallest absolute Gasteiger partial charge is 0.270 e. The molecule has 8 heteroatoms. The van der Waals surface area contributed by atoms with Gasteiger partial charge in [-0.1, -0.05) is 27.7 Å². The number of hydrogen-bond donors (Lipinski definition) is 1. The van der Waals surface area contributed by atoms with Crippen molar-refractivity contribution >= 4 is 27.7 Å². The van der Waals surface area contributed by atoms with E-state index in [1.54, 1.807) is 18.4 Å². The van der Waals surface area contributed by atoms with Crippen LogP contribution in [0.25, 0.3) is 11.3 Å². The molecular weight excluding hydrogens is 394 g/mol. The van der Waals surface area contributed by atoms with Crippen LogP contribution in [0.5, 0.6) is 5.75 Å². The van der Waals surface area contributed by atoms with E-state index in [0.29, 0.717) is 42.0 Å². The van der Waals surface area contributed by atoms with Crippen molar-refractivity contribution in [2.45, 2.75) is 12.1 Å². The highest BCUT2D eigenvalue weighted by atomic mass is 79.9. The predicted octanol–water partition coefficient (Wildman–Crippen LogP) is 3.21. The summed E-state index contributed by atoms with van der Waals surface area (Å²) in [7, 11) is 0. The molecule has 0 atom stereocenters. The minimum absolute atomic E-state index is 0.0411. The Morgan fingerprint density at radius 1 is 1.42 bits per heavy atom. The second kappa shape index (κ2) is 8.87. The Balaban J connectivity index is 2.51. The summed E-state index contributed by atoms with van der Waals surface area (Å²) in [5.41, 5.74) is 0.379. The zero-order chi connectivity index (χ0) is 17.5. The van der Waals surface area contributed by atoms with E-state index < -0.39 is 5.56 Å². The maximum absolute atomic E-state index is 12.1. The van der Waals surface area contributed by atoms with E-state index in [0.717, 1.165) is 4.47 Å². The Hall–Kier alpha value is -1.82. The third kappa shape index (κ3) is 4.38. The van der Waals surface area contributed by atoms with Gasteiger partial charge in [0.1, 0.15) is 29.7 Å². The van der Waals surface area contributed by atoms with E-state index >= 15 is 0 Å². The number of aromatic amines is 1. The van der Waals surface area contributed by atoms with E-state index in [4.69, 9.17) is 9.47 Å². The van der Waals surface area contributed by atoms with Crippen LogP contribution in [0, 0.1) is 11.3 Å². The third-order valence-electron chi connectivity index (χ3n) is 3.09. The molecule has 1 heterocycles. The Bertz CT molecular complexity index is 817. The molecule has 24 heavy (non-hydrogen) atoms. The molecule has 1 aromatic heterocycles. The monoisotopic (exact) mass is 409 g/mol. The Morgan fingerprint density at radius 3 is 2.88 bits per heavy atom. The van der Waals surface area contributed by atoms with Crippen molar-refractivity contribution in [1.82, 2.24) is 9.97 Å². The SMILES string of the molecule is CCOCCOc1ccc(Br)cc1-c1nc(SC)[nH]c(=O)c1C#N. The molecule has 0 fully saturated rings. The molecular formula is C16H16BrN3O3S. The van der Waals surface area contributed by atoms with Crippen molar-refractivity contribution in [1.29, 1.82) is 5.26 Å². The number of nitrogens with one attached hydrogen (secondary N) is 1. The van der Waals surface area contributed by atoms with Gasteiger partial charge in [0.25, 0.3) is 5.56 Å². The summed E-state index contributed by atoms with van der Waals surface area (Å²) in [6, 6.07) is 7.31. The predicted molar refractivity (Wildman–Crippen MR) is 96.5 cm³/mol. The average molecular weight is 410 g/mol. The summed E-state index contributed by atoms with van der Waals surface area (Å²) in [5.74, 6) is 0.541. The van der Waals surface area contributed by atoms with E-state index in [2.05, 4.69) is 25.9 Å². The number of aromatic nitrogens is 2. The second-order valence-electron chi connectivity index (χ2n) is 4.60. The van der Waals surface area contributed by atoms with Gasteiger partial charge in [0.2, 0.25) is 0 Å². The van der Waals surface area contributed by atoms with Gasteiger partial charge in [-0.3, -0.25) is 4.79 Å². The lowest BCUT2D eigenvalue weighted by atomic mass is 10.1. The van der Waals surface area contributed by atoms with Crippen LogP contribution in [0.3, 0.4) is 0 Å². The standard InChI is InChI=1S/C16H16BrN3O3S/c1-3-22-6-7-23-13-5-4-10(17)8-11(13)14-12(9-18)15(21)20-16(19-14)24-2/h4-5,8H,3,6-7H2,1-2H3,(H,19,20,21). The van der Waals surface area contributed by atoms with Gasteiger partial charge < -0.3 is 14.5 Å². The van der Waals surface area contributed by atoms with Crippen LogP contribution in [0.4, 0.5) is 0 Å². The minimum atomic E-state index is -0.466. The maximum Gasteiger partial charge on any atom is 0.270 e. The fourth-order valence-corrected chi connectivity index (χ4v) is 2.75. The lowest BCUT2D eigenvalue weighted by Gasteiger charge is -2.13. The molecule has 1 aromatic carbocycles. The first-order chi connectivity index (χ1) is 11.6. The maximum atomic E-state index is 12.1. The van der Waals surface area contributed by atoms with Gasteiger partial charge >= 0.3 is 0 Å². The molecule has 1 N–H and O–H groups in total. The van der Waals surface area contributed by atoms with Crippen LogP contribution in [0.1, 0.15) is 12.5 Å². The van der Waals surface area contributed by atoms with Gasteiger partial charge in [-0.2, -0.15) is 5.26 Å². The fourth-order valence-electron chi connectivity index (χ4n) is 2.02. The third-order valence-corrected chi connectivity index (χ3v) is 4.16. The number of H-pyrrole nitrogens is 1. The number of nitrogens with zero attached hydrogens (tertiary/aromatic N) is 2. The highest BCUT2D eigenvalue weighted by Gasteiger charge is 2.17. The molecule has 0 aliphatic heterocycles. The van der Waals surface area contributed by atoms with Gasteiger partial charge in [-0.15, -0.1) is 0 Å². The molecule has 0 spiro atoms. The van der Waals surface area contributed by atoms with E-state index in [-0.39, 0.29) is 5.56 Å². The molecule has 0 amide bonds. The first-order valence-corrected chi connectivity index (χ1v) is 9.21. The number of benzene rings is 1. The lowest BCUT2D eigenvalue weighted by Crippen LogP contribution is -2.15. The molecule has 0 aliphatic carbocycles.